The molecular formula is C11H8ClNO4. The Balaban J connectivity index is 2.30. The molecule has 5 nitrogen and oxygen atoms in total. The van der Waals surface area contributed by atoms with Gasteiger partial charge in [0.15, 0.2) is 11.3 Å². The zero-order valence-corrected chi connectivity index (χ0v) is 9.23. The highest BCUT2D eigenvalue weighted by Crippen LogP contribution is 2.30. The lowest BCUT2D eigenvalue weighted by molar-refractivity contribution is 0.0695. The minimum atomic E-state index is -1.27. The number of hydrogen-bond acceptors (Lipinski definition) is 4. The monoisotopic (exact) mass is 253 g/mol. The first-order chi connectivity index (χ1) is 8.08. The number of nitrogens with one attached hydrogen (secondary N) is 1. The van der Waals surface area contributed by atoms with E-state index in [0.29, 0.717) is 10.7 Å². The third-order valence-corrected chi connectivity index (χ3v) is 2.34. The molecule has 0 radical (unpaired) electrons. The quantitative estimate of drug-likeness (QED) is 0.783. The molecular weight excluding hydrogens is 246 g/mol. The molecule has 0 spiro atoms. The highest BCUT2D eigenvalue weighted by atomic mass is 35.5. The number of anilines is 2. The summed E-state index contributed by atoms with van der Waals surface area (Å²) in [5, 5.41) is 21.5. The van der Waals surface area contributed by atoms with E-state index in [1.54, 1.807) is 24.3 Å². The summed E-state index contributed by atoms with van der Waals surface area (Å²) in [5.41, 5.74) is 0.297. The first-order valence-corrected chi connectivity index (χ1v) is 5.02. The lowest BCUT2D eigenvalue weighted by Crippen LogP contribution is -1.99. The third-order valence-electron chi connectivity index (χ3n) is 2.09. The average molecular weight is 254 g/mol. The molecule has 2 rings (SSSR count). The Bertz CT molecular complexity index is 547. The van der Waals surface area contributed by atoms with Crippen LogP contribution in [0.4, 0.5) is 11.6 Å². The fourth-order valence-corrected chi connectivity index (χ4v) is 1.44. The number of carboxylic acid groups (broad SMARTS) is 1. The first kappa shape index (κ1) is 11.3. The van der Waals surface area contributed by atoms with Crippen molar-refractivity contribution in [3.8, 4) is 5.75 Å². The minimum Gasteiger partial charge on any atom is -0.504 e. The summed E-state index contributed by atoms with van der Waals surface area (Å²) in [4.78, 5) is 10.9. The van der Waals surface area contributed by atoms with E-state index >= 15 is 0 Å². The van der Waals surface area contributed by atoms with Crippen molar-refractivity contribution in [1.29, 1.82) is 0 Å². The van der Waals surface area contributed by atoms with Gasteiger partial charge in [0.2, 0.25) is 5.88 Å². The van der Waals surface area contributed by atoms with Crippen molar-refractivity contribution < 1.29 is 19.4 Å². The third kappa shape index (κ3) is 2.34. The van der Waals surface area contributed by atoms with Gasteiger partial charge in [-0.15, -0.1) is 0 Å². The molecule has 0 aliphatic rings. The second-order valence-corrected chi connectivity index (χ2v) is 3.70. The molecule has 0 fully saturated rings. The normalized spacial score (nSPS) is 10.2. The van der Waals surface area contributed by atoms with Crippen LogP contribution in [0.2, 0.25) is 5.02 Å². The van der Waals surface area contributed by atoms with Crippen LogP contribution in [0.1, 0.15) is 10.4 Å². The van der Waals surface area contributed by atoms with E-state index in [-0.39, 0.29) is 11.4 Å². The minimum absolute atomic E-state index is 0.0303. The Morgan fingerprint density at radius 2 is 1.94 bits per heavy atom. The highest BCUT2D eigenvalue weighted by molar-refractivity contribution is 6.30. The van der Waals surface area contributed by atoms with Crippen LogP contribution in [-0.4, -0.2) is 16.2 Å². The van der Waals surface area contributed by atoms with Crippen LogP contribution in [0.3, 0.4) is 0 Å². The van der Waals surface area contributed by atoms with E-state index in [2.05, 4.69) is 5.32 Å². The number of carbonyl (C=O) groups is 1. The summed E-state index contributed by atoms with van der Waals surface area (Å²) >= 11 is 5.72. The number of rotatable bonds is 3. The van der Waals surface area contributed by atoms with Gasteiger partial charge in [0.25, 0.3) is 0 Å². The molecule has 0 amide bonds. The molecule has 0 aliphatic carbocycles. The van der Waals surface area contributed by atoms with Crippen molar-refractivity contribution in [2.45, 2.75) is 0 Å². The molecule has 0 saturated carbocycles. The van der Waals surface area contributed by atoms with E-state index in [1.165, 1.54) is 0 Å². The zero-order chi connectivity index (χ0) is 12.4. The van der Waals surface area contributed by atoms with Crippen molar-refractivity contribution in [2.75, 3.05) is 5.32 Å². The van der Waals surface area contributed by atoms with Crippen LogP contribution >= 0.6 is 11.6 Å². The predicted octanol–water partition coefficient (Wildman–Crippen LogP) is 3.08. The Hall–Kier alpha value is -2.14. The van der Waals surface area contributed by atoms with Crippen LogP contribution < -0.4 is 5.32 Å². The van der Waals surface area contributed by atoms with Crippen molar-refractivity contribution in [3.63, 3.8) is 0 Å². The maximum atomic E-state index is 10.9. The topological polar surface area (TPSA) is 82.7 Å². The summed E-state index contributed by atoms with van der Waals surface area (Å²) in [6.45, 7) is 0. The Morgan fingerprint density at radius 1 is 1.29 bits per heavy atom. The lowest BCUT2D eigenvalue weighted by Gasteiger charge is -2.03. The van der Waals surface area contributed by atoms with Gasteiger partial charge in [0.1, 0.15) is 6.26 Å². The van der Waals surface area contributed by atoms with Crippen LogP contribution in [0, 0.1) is 0 Å². The molecule has 1 aromatic carbocycles. The Labute approximate surface area is 101 Å². The van der Waals surface area contributed by atoms with Crippen LogP contribution in [0.25, 0.3) is 0 Å². The SMILES string of the molecule is O=C(O)c1c(O)coc1Nc1ccc(Cl)cc1. The number of hydrogen-bond donors (Lipinski definition) is 3. The van der Waals surface area contributed by atoms with Crippen molar-refractivity contribution >= 4 is 29.1 Å². The summed E-state index contributed by atoms with van der Waals surface area (Å²) in [6, 6.07) is 6.61. The van der Waals surface area contributed by atoms with Crippen molar-refractivity contribution in [1.82, 2.24) is 0 Å². The van der Waals surface area contributed by atoms with Gasteiger partial charge in [0, 0.05) is 10.7 Å². The van der Waals surface area contributed by atoms with Crippen molar-refractivity contribution in [3.05, 3.63) is 41.1 Å². The van der Waals surface area contributed by atoms with Crippen LogP contribution in [-0.2, 0) is 0 Å². The number of benzene rings is 1. The number of furan rings is 1. The van der Waals surface area contributed by atoms with E-state index in [4.69, 9.17) is 21.1 Å². The molecule has 0 unspecified atom stereocenters. The largest absolute Gasteiger partial charge is 0.504 e. The van der Waals surface area contributed by atoms with Crippen molar-refractivity contribution in [2.24, 2.45) is 0 Å². The molecule has 2 aromatic rings. The summed E-state index contributed by atoms with van der Waals surface area (Å²) in [5.74, 6) is -1.72. The van der Waals surface area contributed by atoms with Gasteiger partial charge in [-0.3, -0.25) is 0 Å². The smallest absolute Gasteiger partial charge is 0.345 e. The molecule has 0 aliphatic heterocycles. The number of aromatic hydroxyl groups is 1. The van der Waals surface area contributed by atoms with E-state index in [0.717, 1.165) is 6.26 Å². The molecule has 17 heavy (non-hydrogen) atoms. The standard InChI is InChI=1S/C11H8ClNO4/c12-6-1-3-7(4-2-6)13-10-9(11(15)16)8(14)5-17-10/h1-5,13-14H,(H,15,16). The molecule has 3 N–H and O–H groups in total. The number of carboxylic acids is 1. The van der Waals surface area contributed by atoms with Gasteiger partial charge < -0.3 is 19.9 Å². The predicted molar refractivity (Wildman–Crippen MR) is 62.1 cm³/mol. The van der Waals surface area contributed by atoms with Gasteiger partial charge >= 0.3 is 5.97 Å². The number of halogens is 1. The summed E-state index contributed by atoms with van der Waals surface area (Å²) in [6.07, 6.45) is 0.960. The molecule has 88 valence electrons. The number of aromatic carboxylic acids is 1. The Morgan fingerprint density at radius 3 is 2.53 bits per heavy atom. The highest BCUT2D eigenvalue weighted by Gasteiger charge is 2.20. The Kier molecular flexibility index (Phi) is 2.93. The van der Waals surface area contributed by atoms with E-state index in [9.17, 15) is 9.90 Å². The summed E-state index contributed by atoms with van der Waals surface area (Å²) < 4.78 is 4.92. The maximum Gasteiger partial charge on any atom is 0.345 e. The van der Waals surface area contributed by atoms with Crippen LogP contribution in [0.5, 0.6) is 5.75 Å². The van der Waals surface area contributed by atoms with Gasteiger partial charge in [-0.25, -0.2) is 4.79 Å². The van der Waals surface area contributed by atoms with E-state index in [1.807, 2.05) is 0 Å². The average Bonchev–Trinajstić information content (AvgIpc) is 2.63. The first-order valence-electron chi connectivity index (χ1n) is 4.64. The molecule has 0 atom stereocenters. The van der Waals surface area contributed by atoms with Gasteiger partial charge in [-0.05, 0) is 24.3 Å². The summed E-state index contributed by atoms with van der Waals surface area (Å²) in [7, 11) is 0. The maximum absolute atomic E-state index is 10.9. The van der Waals surface area contributed by atoms with Crippen LogP contribution in [0.15, 0.2) is 34.9 Å². The van der Waals surface area contributed by atoms with Gasteiger partial charge in [0.05, 0.1) is 0 Å². The van der Waals surface area contributed by atoms with E-state index < -0.39 is 11.7 Å². The molecule has 0 bridgehead atoms. The lowest BCUT2D eigenvalue weighted by atomic mass is 10.2. The van der Waals surface area contributed by atoms with Gasteiger partial charge in [-0.1, -0.05) is 11.6 Å². The second kappa shape index (κ2) is 4.39. The zero-order valence-electron chi connectivity index (χ0n) is 8.48. The second-order valence-electron chi connectivity index (χ2n) is 3.26. The fraction of sp³-hybridized carbons (Fsp3) is 0. The fourth-order valence-electron chi connectivity index (χ4n) is 1.31. The molecule has 0 saturated heterocycles. The molecule has 6 heteroatoms. The molecule has 1 heterocycles. The van der Waals surface area contributed by atoms with Gasteiger partial charge in [-0.2, -0.15) is 0 Å². The molecule has 1 aromatic heterocycles.